The Morgan fingerprint density at radius 3 is 2.41 bits per heavy atom. The summed E-state index contributed by atoms with van der Waals surface area (Å²) in [6.07, 6.45) is 3.41. The van der Waals surface area contributed by atoms with Crippen LogP contribution in [0.3, 0.4) is 0 Å². The fourth-order valence-corrected chi connectivity index (χ4v) is 6.77. The van der Waals surface area contributed by atoms with Crippen LogP contribution in [0.2, 0.25) is 0 Å². The molecule has 1 fully saturated rings. The average Bonchev–Trinajstić information content (AvgIpc) is 3.53. The maximum absolute atomic E-state index is 13.8. The van der Waals surface area contributed by atoms with Gasteiger partial charge in [-0.05, 0) is 60.7 Å². The summed E-state index contributed by atoms with van der Waals surface area (Å²) in [6.45, 7) is 1.01. The van der Waals surface area contributed by atoms with E-state index in [0.717, 1.165) is 12.0 Å². The first-order chi connectivity index (χ1) is 22.4. The molecule has 2 heterocycles. The van der Waals surface area contributed by atoms with Crippen LogP contribution in [0.4, 0.5) is 4.39 Å². The van der Waals surface area contributed by atoms with Gasteiger partial charge in [0.05, 0.1) is 17.3 Å². The molecule has 46 heavy (non-hydrogen) atoms. The molecule has 2 N–H and O–H groups in total. The first-order valence-corrected chi connectivity index (χ1v) is 17.4. The van der Waals surface area contributed by atoms with E-state index in [1.54, 1.807) is 36.0 Å². The summed E-state index contributed by atoms with van der Waals surface area (Å²) >= 11 is 2.94. The molecular formula is C36H36FN3O4S2. The maximum Gasteiger partial charge on any atom is 0.254 e. The third kappa shape index (κ3) is 9.28. The minimum Gasteiger partial charge on any atom is -0.476 e. The molecule has 10 heteroatoms. The van der Waals surface area contributed by atoms with Crippen molar-refractivity contribution in [2.75, 3.05) is 25.2 Å². The molecule has 1 aliphatic rings. The molecule has 1 saturated heterocycles. The van der Waals surface area contributed by atoms with Crippen molar-refractivity contribution in [3.05, 3.63) is 120 Å². The second-order valence-electron chi connectivity index (χ2n) is 11.0. The Hall–Kier alpha value is -3.99. The van der Waals surface area contributed by atoms with Crippen LogP contribution < -0.4 is 15.4 Å². The summed E-state index contributed by atoms with van der Waals surface area (Å²) in [7, 11) is 0. The molecule has 1 aliphatic heterocycles. The molecule has 0 bridgehead atoms. The second kappa shape index (κ2) is 16.5. The lowest BCUT2D eigenvalue weighted by Crippen LogP contribution is -2.42. The SMILES string of the molecule is CSCC[C@@H](NC(=O)c1ccc(OC[C@@H]2C[C@H](SC(=O)c3ccccc3)CN2)nc1-c1ccc(F)cc1)C(=O)Cc1ccccc1. The van der Waals surface area contributed by atoms with Crippen molar-refractivity contribution in [1.29, 1.82) is 0 Å². The smallest absolute Gasteiger partial charge is 0.254 e. The fraction of sp³-hybridized carbons (Fsp3) is 0.278. The van der Waals surface area contributed by atoms with E-state index in [-0.39, 0.29) is 34.2 Å². The van der Waals surface area contributed by atoms with E-state index >= 15 is 0 Å². The number of nitrogens with one attached hydrogen (secondary N) is 2. The van der Waals surface area contributed by atoms with E-state index in [2.05, 4.69) is 15.6 Å². The standard InChI is InChI=1S/C36H36FN3O4S2/c1-45-19-18-31(32(41)20-24-8-4-2-5-9-24)39-35(42)30-16-17-33(40-34(30)25-12-14-27(37)15-13-25)44-23-28-21-29(22-38-28)46-36(43)26-10-6-3-7-11-26/h2-17,28-29,31,38H,18-23H2,1H3,(H,39,42)/t28-,29-,31+/m0/s1. The van der Waals surface area contributed by atoms with Crippen molar-refractivity contribution >= 4 is 40.3 Å². The monoisotopic (exact) mass is 657 g/mol. The number of Topliss-reactive ketones (excluding diaryl/α,β-unsaturated/α-hetero) is 1. The number of benzene rings is 3. The van der Waals surface area contributed by atoms with Gasteiger partial charge < -0.3 is 15.4 Å². The Bertz CT molecular complexity index is 1620. The van der Waals surface area contributed by atoms with Crippen molar-refractivity contribution in [3.63, 3.8) is 0 Å². The number of pyridine rings is 1. The number of carbonyl (C=O) groups excluding carboxylic acids is 3. The van der Waals surface area contributed by atoms with Gasteiger partial charge in [-0.15, -0.1) is 0 Å². The van der Waals surface area contributed by atoms with E-state index in [0.29, 0.717) is 48.0 Å². The molecule has 0 saturated carbocycles. The summed E-state index contributed by atoms with van der Waals surface area (Å²) in [5, 5.41) is 6.53. The summed E-state index contributed by atoms with van der Waals surface area (Å²) in [4.78, 5) is 44.2. The molecule has 0 unspecified atom stereocenters. The van der Waals surface area contributed by atoms with Gasteiger partial charge >= 0.3 is 0 Å². The van der Waals surface area contributed by atoms with Gasteiger partial charge in [0, 0.05) is 41.5 Å². The minimum absolute atomic E-state index is 0.0212. The Labute approximate surface area is 277 Å². The lowest BCUT2D eigenvalue weighted by atomic mass is 10.0. The number of rotatable bonds is 14. The van der Waals surface area contributed by atoms with Crippen LogP contribution >= 0.6 is 23.5 Å². The highest BCUT2D eigenvalue weighted by molar-refractivity contribution is 8.14. The van der Waals surface area contributed by atoms with Crippen LogP contribution in [-0.4, -0.2) is 64.3 Å². The number of carbonyl (C=O) groups is 3. The van der Waals surface area contributed by atoms with Gasteiger partial charge in [0.15, 0.2) is 5.78 Å². The topological polar surface area (TPSA) is 97.4 Å². The number of hydrogen-bond acceptors (Lipinski definition) is 8. The maximum atomic E-state index is 13.8. The van der Waals surface area contributed by atoms with E-state index < -0.39 is 17.8 Å². The molecular weight excluding hydrogens is 622 g/mol. The molecule has 5 rings (SSSR count). The molecule has 1 amide bonds. The van der Waals surface area contributed by atoms with E-state index in [1.807, 2.05) is 66.9 Å². The first kappa shape index (κ1) is 33.4. The van der Waals surface area contributed by atoms with Crippen LogP contribution in [-0.2, 0) is 11.2 Å². The first-order valence-electron chi connectivity index (χ1n) is 15.1. The highest BCUT2D eigenvalue weighted by atomic mass is 32.2. The van der Waals surface area contributed by atoms with Gasteiger partial charge in [0.25, 0.3) is 5.91 Å². The minimum atomic E-state index is -0.676. The molecule has 1 aromatic heterocycles. The molecule has 7 nitrogen and oxygen atoms in total. The zero-order chi connectivity index (χ0) is 32.3. The molecule has 0 radical (unpaired) electrons. The van der Waals surface area contributed by atoms with Crippen LogP contribution in [0.5, 0.6) is 5.88 Å². The zero-order valence-electron chi connectivity index (χ0n) is 25.5. The molecule has 0 spiro atoms. The Morgan fingerprint density at radius 2 is 1.70 bits per heavy atom. The van der Waals surface area contributed by atoms with Gasteiger partial charge in [0.1, 0.15) is 12.4 Å². The summed E-state index contributed by atoms with van der Waals surface area (Å²) < 4.78 is 19.9. The lowest BCUT2D eigenvalue weighted by molar-refractivity contribution is -0.120. The number of amides is 1. The lowest BCUT2D eigenvalue weighted by Gasteiger charge is -2.19. The van der Waals surface area contributed by atoms with E-state index in [4.69, 9.17) is 4.74 Å². The van der Waals surface area contributed by atoms with Crippen molar-refractivity contribution in [2.45, 2.75) is 36.6 Å². The molecule has 4 aromatic rings. The third-order valence-electron chi connectivity index (χ3n) is 7.65. The van der Waals surface area contributed by atoms with Crippen molar-refractivity contribution in [3.8, 4) is 17.1 Å². The predicted molar refractivity (Wildman–Crippen MR) is 183 cm³/mol. The number of aromatic nitrogens is 1. The van der Waals surface area contributed by atoms with Gasteiger partial charge in [-0.25, -0.2) is 9.37 Å². The van der Waals surface area contributed by atoms with Gasteiger partial charge in [-0.1, -0.05) is 72.4 Å². The summed E-state index contributed by atoms with van der Waals surface area (Å²) in [5.74, 6) is 0.0997. The number of ether oxygens (including phenoxy) is 1. The molecule has 0 aliphatic carbocycles. The Balaban J connectivity index is 1.27. The van der Waals surface area contributed by atoms with Crippen LogP contribution in [0.25, 0.3) is 11.3 Å². The number of halogens is 1. The van der Waals surface area contributed by atoms with Gasteiger partial charge in [-0.2, -0.15) is 11.8 Å². The highest BCUT2D eigenvalue weighted by Crippen LogP contribution is 2.28. The summed E-state index contributed by atoms with van der Waals surface area (Å²) in [6, 6.07) is 27.0. The highest BCUT2D eigenvalue weighted by Gasteiger charge is 2.28. The number of ketones is 1. The van der Waals surface area contributed by atoms with Crippen molar-refractivity contribution in [2.24, 2.45) is 0 Å². The molecule has 238 valence electrons. The predicted octanol–water partition coefficient (Wildman–Crippen LogP) is 6.23. The normalized spacial score (nSPS) is 16.5. The van der Waals surface area contributed by atoms with Crippen molar-refractivity contribution < 1.29 is 23.5 Å². The van der Waals surface area contributed by atoms with Crippen LogP contribution in [0.15, 0.2) is 97.1 Å². The van der Waals surface area contributed by atoms with Crippen LogP contribution in [0, 0.1) is 5.82 Å². The number of thioether (sulfide) groups is 2. The zero-order valence-corrected chi connectivity index (χ0v) is 27.1. The van der Waals surface area contributed by atoms with Gasteiger partial charge in [-0.3, -0.25) is 14.4 Å². The second-order valence-corrected chi connectivity index (χ2v) is 13.3. The van der Waals surface area contributed by atoms with E-state index in [9.17, 15) is 18.8 Å². The van der Waals surface area contributed by atoms with E-state index in [1.165, 1.54) is 23.9 Å². The number of hydrogen-bond donors (Lipinski definition) is 2. The fourth-order valence-electron chi connectivity index (χ4n) is 5.22. The third-order valence-corrected chi connectivity index (χ3v) is 9.44. The Morgan fingerprint density at radius 1 is 0.978 bits per heavy atom. The van der Waals surface area contributed by atoms with Crippen LogP contribution in [0.1, 0.15) is 39.1 Å². The van der Waals surface area contributed by atoms with Gasteiger partial charge in [0.2, 0.25) is 11.0 Å². The largest absolute Gasteiger partial charge is 0.476 e. The number of nitrogens with zero attached hydrogens (tertiary/aromatic N) is 1. The molecule has 3 aromatic carbocycles. The van der Waals surface area contributed by atoms with Crippen molar-refractivity contribution in [1.82, 2.24) is 15.6 Å². The summed E-state index contributed by atoms with van der Waals surface area (Å²) in [5.41, 5.74) is 2.70. The molecule has 3 atom stereocenters. The quantitative estimate of drug-likeness (QED) is 0.165. The average molecular weight is 658 g/mol. The Kier molecular flexibility index (Phi) is 12.0.